The molecule has 1 aromatic heterocycles. The molecule has 0 aliphatic carbocycles. The fourth-order valence-corrected chi connectivity index (χ4v) is 4.26. The van der Waals surface area contributed by atoms with Crippen LogP contribution in [0.5, 0.6) is 0 Å². The third-order valence-electron chi connectivity index (χ3n) is 4.93. The Morgan fingerprint density at radius 1 is 1.00 bits per heavy atom. The molecule has 1 atom stereocenters. The number of carbonyl (C=O) groups excluding carboxylic acids is 1. The van der Waals surface area contributed by atoms with Gasteiger partial charge in [0.25, 0.3) is 5.91 Å². The number of nitrogens with one attached hydrogen (secondary N) is 1. The molecular formula is C25H21FN2O3S. The Balaban J connectivity index is 1.41. The molecule has 1 amide bonds. The SMILES string of the molecule is Cc1oc(-c2ccc(C(=O)NCc3ccc(F)cc3)cc2)nc1C[S@](=O)c1ccccc1. The van der Waals surface area contributed by atoms with Gasteiger partial charge in [0.2, 0.25) is 5.89 Å². The Bertz CT molecular complexity index is 1240. The van der Waals surface area contributed by atoms with Gasteiger partial charge in [-0.2, -0.15) is 0 Å². The van der Waals surface area contributed by atoms with E-state index in [1.165, 1.54) is 12.1 Å². The zero-order valence-electron chi connectivity index (χ0n) is 17.4. The van der Waals surface area contributed by atoms with Gasteiger partial charge in [-0.05, 0) is 61.0 Å². The van der Waals surface area contributed by atoms with Crippen LogP contribution < -0.4 is 5.32 Å². The summed E-state index contributed by atoms with van der Waals surface area (Å²) >= 11 is 0. The number of hydrogen-bond acceptors (Lipinski definition) is 4. The minimum atomic E-state index is -1.21. The van der Waals surface area contributed by atoms with Gasteiger partial charge in [-0.3, -0.25) is 9.00 Å². The van der Waals surface area contributed by atoms with Gasteiger partial charge in [0.15, 0.2) is 0 Å². The number of rotatable bonds is 7. The molecule has 3 aromatic carbocycles. The molecule has 0 aliphatic rings. The number of amides is 1. The molecular weight excluding hydrogens is 427 g/mol. The molecule has 0 spiro atoms. The highest BCUT2D eigenvalue weighted by Crippen LogP contribution is 2.24. The number of oxazole rings is 1. The monoisotopic (exact) mass is 448 g/mol. The maximum absolute atomic E-state index is 13.0. The summed E-state index contributed by atoms with van der Waals surface area (Å²) in [5, 5.41) is 2.81. The summed E-state index contributed by atoms with van der Waals surface area (Å²) in [7, 11) is -1.21. The molecule has 7 heteroatoms. The van der Waals surface area contributed by atoms with Crippen LogP contribution in [0.3, 0.4) is 0 Å². The van der Waals surface area contributed by atoms with Gasteiger partial charge >= 0.3 is 0 Å². The molecule has 5 nitrogen and oxygen atoms in total. The van der Waals surface area contributed by atoms with Crippen molar-refractivity contribution in [2.45, 2.75) is 24.1 Å². The smallest absolute Gasteiger partial charge is 0.251 e. The normalized spacial score (nSPS) is 11.8. The van der Waals surface area contributed by atoms with Crippen LogP contribution in [0.15, 0.2) is 88.2 Å². The summed E-state index contributed by atoms with van der Waals surface area (Å²) in [4.78, 5) is 17.6. The van der Waals surface area contributed by atoms with E-state index in [9.17, 15) is 13.4 Å². The van der Waals surface area contributed by atoms with Crippen molar-refractivity contribution in [2.75, 3.05) is 0 Å². The van der Waals surface area contributed by atoms with Crippen LogP contribution in [-0.2, 0) is 23.1 Å². The lowest BCUT2D eigenvalue weighted by Crippen LogP contribution is -2.22. The Hall–Kier alpha value is -3.58. The van der Waals surface area contributed by atoms with Crippen molar-refractivity contribution < 1.29 is 17.8 Å². The Kier molecular flexibility index (Phi) is 6.56. The molecule has 0 aliphatic heterocycles. The minimum Gasteiger partial charge on any atom is -0.441 e. The van der Waals surface area contributed by atoms with Crippen LogP contribution in [0.4, 0.5) is 4.39 Å². The summed E-state index contributed by atoms with van der Waals surface area (Å²) < 4.78 is 31.3. The number of carbonyl (C=O) groups is 1. The Morgan fingerprint density at radius 3 is 2.38 bits per heavy atom. The lowest BCUT2D eigenvalue weighted by molar-refractivity contribution is 0.0951. The van der Waals surface area contributed by atoms with E-state index in [4.69, 9.17) is 4.42 Å². The summed E-state index contributed by atoms with van der Waals surface area (Å²) in [6.45, 7) is 2.10. The molecule has 1 N–H and O–H groups in total. The first-order chi connectivity index (χ1) is 15.5. The average Bonchev–Trinajstić information content (AvgIpc) is 3.19. The first kappa shape index (κ1) is 21.6. The van der Waals surface area contributed by atoms with Crippen LogP contribution in [-0.4, -0.2) is 15.1 Å². The van der Waals surface area contributed by atoms with Crippen molar-refractivity contribution in [1.29, 1.82) is 0 Å². The largest absolute Gasteiger partial charge is 0.441 e. The van der Waals surface area contributed by atoms with E-state index in [1.54, 1.807) is 43.3 Å². The summed E-state index contributed by atoms with van der Waals surface area (Å²) in [5.41, 5.74) is 2.67. The molecule has 0 saturated carbocycles. The fourth-order valence-electron chi connectivity index (χ4n) is 3.12. The van der Waals surface area contributed by atoms with Crippen molar-refractivity contribution in [3.05, 3.63) is 107 Å². The van der Waals surface area contributed by atoms with E-state index in [2.05, 4.69) is 10.3 Å². The van der Waals surface area contributed by atoms with Crippen LogP contribution in [0.25, 0.3) is 11.5 Å². The van der Waals surface area contributed by atoms with Crippen molar-refractivity contribution in [3.8, 4) is 11.5 Å². The van der Waals surface area contributed by atoms with E-state index in [0.29, 0.717) is 29.5 Å². The van der Waals surface area contributed by atoms with E-state index in [-0.39, 0.29) is 17.5 Å². The highest BCUT2D eigenvalue weighted by molar-refractivity contribution is 7.84. The van der Waals surface area contributed by atoms with Gasteiger partial charge < -0.3 is 9.73 Å². The topological polar surface area (TPSA) is 72.2 Å². The number of halogens is 1. The van der Waals surface area contributed by atoms with E-state index in [0.717, 1.165) is 16.0 Å². The summed E-state index contributed by atoms with van der Waals surface area (Å²) in [6.07, 6.45) is 0. The van der Waals surface area contributed by atoms with Crippen LogP contribution in [0, 0.1) is 12.7 Å². The van der Waals surface area contributed by atoms with Crippen LogP contribution >= 0.6 is 0 Å². The third kappa shape index (κ3) is 5.18. The van der Waals surface area contributed by atoms with Gasteiger partial charge in [-0.15, -0.1) is 0 Å². The molecule has 4 rings (SSSR count). The lowest BCUT2D eigenvalue weighted by atomic mass is 10.1. The molecule has 0 unspecified atom stereocenters. The standard InChI is InChI=1S/C25H21FN2O3S/c1-17-23(16-32(30)22-5-3-2-4-6-22)28-25(31-17)20-11-9-19(10-12-20)24(29)27-15-18-7-13-21(26)14-8-18/h2-14H,15-16H2,1H3,(H,27,29)/t32-/m0/s1. The molecule has 0 radical (unpaired) electrons. The molecule has 162 valence electrons. The third-order valence-corrected chi connectivity index (χ3v) is 6.26. The second-order valence-electron chi connectivity index (χ2n) is 7.21. The zero-order chi connectivity index (χ0) is 22.5. The predicted octanol–water partition coefficient (Wildman–Crippen LogP) is 5.03. The Morgan fingerprint density at radius 2 is 1.69 bits per heavy atom. The first-order valence-electron chi connectivity index (χ1n) is 10.0. The van der Waals surface area contributed by atoms with E-state index < -0.39 is 10.8 Å². The summed E-state index contributed by atoms with van der Waals surface area (Å²) in [6, 6.07) is 22.1. The van der Waals surface area contributed by atoms with Crippen LogP contribution in [0.2, 0.25) is 0 Å². The fraction of sp³-hybridized carbons (Fsp3) is 0.120. The van der Waals surface area contributed by atoms with Crippen molar-refractivity contribution in [2.24, 2.45) is 0 Å². The van der Waals surface area contributed by atoms with E-state index in [1.807, 2.05) is 30.3 Å². The average molecular weight is 449 g/mol. The number of nitrogens with zero attached hydrogens (tertiary/aromatic N) is 1. The number of hydrogen-bond donors (Lipinski definition) is 1. The van der Waals surface area contributed by atoms with Gasteiger partial charge in [0.05, 0.1) is 22.2 Å². The van der Waals surface area contributed by atoms with Crippen molar-refractivity contribution >= 4 is 16.7 Å². The quantitative estimate of drug-likeness (QED) is 0.431. The second kappa shape index (κ2) is 9.70. The van der Waals surface area contributed by atoms with Crippen molar-refractivity contribution in [3.63, 3.8) is 0 Å². The maximum Gasteiger partial charge on any atom is 0.251 e. The molecule has 1 heterocycles. The van der Waals surface area contributed by atoms with Crippen molar-refractivity contribution in [1.82, 2.24) is 10.3 Å². The highest BCUT2D eigenvalue weighted by atomic mass is 32.2. The molecule has 32 heavy (non-hydrogen) atoms. The van der Waals surface area contributed by atoms with Gasteiger partial charge in [-0.1, -0.05) is 30.3 Å². The molecule has 0 saturated heterocycles. The number of benzene rings is 3. The Labute approximate surface area is 187 Å². The lowest BCUT2D eigenvalue weighted by Gasteiger charge is -2.06. The van der Waals surface area contributed by atoms with Gasteiger partial charge in [-0.25, -0.2) is 9.37 Å². The van der Waals surface area contributed by atoms with Crippen LogP contribution in [0.1, 0.15) is 27.4 Å². The highest BCUT2D eigenvalue weighted by Gasteiger charge is 2.15. The number of aryl methyl sites for hydroxylation is 1. The minimum absolute atomic E-state index is 0.233. The maximum atomic E-state index is 13.0. The number of aromatic nitrogens is 1. The van der Waals surface area contributed by atoms with Gasteiger partial charge in [0, 0.05) is 22.6 Å². The summed E-state index contributed by atoms with van der Waals surface area (Å²) in [5.74, 6) is 0.755. The predicted molar refractivity (Wildman–Crippen MR) is 121 cm³/mol. The second-order valence-corrected chi connectivity index (χ2v) is 8.66. The van der Waals surface area contributed by atoms with E-state index >= 15 is 0 Å². The first-order valence-corrected chi connectivity index (χ1v) is 11.3. The molecule has 0 bridgehead atoms. The van der Waals surface area contributed by atoms with Gasteiger partial charge in [0.1, 0.15) is 11.6 Å². The molecule has 4 aromatic rings. The zero-order valence-corrected chi connectivity index (χ0v) is 18.2. The molecule has 0 fully saturated rings.